The molecule has 0 aliphatic carbocycles. The molecule has 0 aromatic carbocycles. The maximum absolute atomic E-state index is 12.8. The molecule has 72 heavy (non-hydrogen) atoms. The van der Waals surface area contributed by atoms with E-state index in [0.29, 0.717) is 19.3 Å². The number of rotatable bonds is 58. The van der Waals surface area contributed by atoms with Crippen LogP contribution in [0.3, 0.4) is 0 Å². The zero-order chi connectivity index (χ0) is 52.2. The fourth-order valence-corrected chi connectivity index (χ4v) is 9.28. The lowest BCUT2D eigenvalue weighted by molar-refractivity contribution is -0.167. The van der Waals surface area contributed by atoms with Gasteiger partial charge < -0.3 is 14.2 Å². The molecule has 0 amide bonds. The fourth-order valence-electron chi connectivity index (χ4n) is 9.28. The molecule has 6 heteroatoms. The predicted molar refractivity (Wildman–Crippen MR) is 312 cm³/mol. The molecule has 0 saturated heterocycles. The lowest BCUT2D eigenvalue weighted by Gasteiger charge is -2.18. The van der Waals surface area contributed by atoms with E-state index in [1.54, 1.807) is 0 Å². The molecular weight excluding hydrogens is 889 g/mol. The summed E-state index contributed by atoms with van der Waals surface area (Å²) in [5.41, 5.74) is 0. The molecule has 6 nitrogen and oxygen atoms in total. The van der Waals surface area contributed by atoms with E-state index in [1.807, 2.05) is 0 Å². The van der Waals surface area contributed by atoms with Crippen molar-refractivity contribution in [3.63, 3.8) is 0 Å². The summed E-state index contributed by atoms with van der Waals surface area (Å²) in [5, 5.41) is 0. The molecule has 0 rings (SSSR count). The highest BCUT2D eigenvalue weighted by Crippen LogP contribution is 2.17. The molecule has 0 spiro atoms. The fraction of sp³-hybridized carbons (Fsp3) is 0.833. The van der Waals surface area contributed by atoms with Gasteiger partial charge in [0.15, 0.2) is 6.10 Å². The molecule has 420 valence electrons. The van der Waals surface area contributed by atoms with E-state index in [1.165, 1.54) is 212 Å². The molecule has 0 radical (unpaired) electrons. The Balaban J connectivity index is 3.99. The Bertz CT molecular complexity index is 1250. The second-order valence-electron chi connectivity index (χ2n) is 21.3. The summed E-state index contributed by atoms with van der Waals surface area (Å²) < 4.78 is 16.8. The minimum absolute atomic E-state index is 0.0711. The molecule has 1 atom stereocenters. The van der Waals surface area contributed by atoms with E-state index in [9.17, 15) is 14.4 Å². The maximum atomic E-state index is 12.8. The molecule has 0 aromatic rings. The highest BCUT2D eigenvalue weighted by Gasteiger charge is 2.19. The number of esters is 3. The number of unbranched alkanes of at least 4 members (excludes halogenated alkanes) is 39. The topological polar surface area (TPSA) is 78.9 Å². The van der Waals surface area contributed by atoms with Gasteiger partial charge in [0, 0.05) is 19.3 Å². The predicted octanol–water partition coefficient (Wildman–Crippen LogP) is 21.4. The van der Waals surface area contributed by atoms with Crippen molar-refractivity contribution >= 4 is 17.9 Å². The second-order valence-corrected chi connectivity index (χ2v) is 21.3. The van der Waals surface area contributed by atoms with Crippen LogP contribution < -0.4 is 0 Å². The Morgan fingerprint density at radius 1 is 0.278 bits per heavy atom. The summed E-state index contributed by atoms with van der Waals surface area (Å²) in [6, 6.07) is 0. The van der Waals surface area contributed by atoms with Crippen molar-refractivity contribution in [2.75, 3.05) is 13.2 Å². The van der Waals surface area contributed by atoms with Gasteiger partial charge in [-0.2, -0.15) is 0 Å². The largest absolute Gasteiger partial charge is 0.462 e. The average molecular weight is 1010 g/mol. The van der Waals surface area contributed by atoms with Gasteiger partial charge in [0.1, 0.15) is 13.2 Å². The van der Waals surface area contributed by atoms with E-state index >= 15 is 0 Å². The number of ether oxygens (including phenoxy) is 3. The minimum Gasteiger partial charge on any atom is -0.462 e. The molecule has 0 bridgehead atoms. The molecule has 0 aromatic heterocycles. The lowest BCUT2D eigenvalue weighted by Crippen LogP contribution is -2.30. The van der Waals surface area contributed by atoms with Crippen LogP contribution >= 0.6 is 0 Å². The summed E-state index contributed by atoms with van der Waals surface area (Å²) >= 11 is 0. The highest BCUT2D eigenvalue weighted by atomic mass is 16.6. The molecule has 1 unspecified atom stereocenters. The van der Waals surface area contributed by atoms with Gasteiger partial charge in [0.05, 0.1) is 0 Å². The molecule has 0 fully saturated rings. The van der Waals surface area contributed by atoms with Crippen LogP contribution in [0.1, 0.15) is 335 Å². The van der Waals surface area contributed by atoms with Crippen LogP contribution in [0.15, 0.2) is 48.6 Å². The monoisotopic (exact) mass is 1010 g/mol. The van der Waals surface area contributed by atoms with Gasteiger partial charge >= 0.3 is 17.9 Å². The Hall–Kier alpha value is -2.63. The highest BCUT2D eigenvalue weighted by molar-refractivity contribution is 5.71. The van der Waals surface area contributed by atoms with Crippen molar-refractivity contribution in [3.8, 4) is 0 Å². The Morgan fingerprint density at radius 2 is 0.528 bits per heavy atom. The van der Waals surface area contributed by atoms with Crippen molar-refractivity contribution < 1.29 is 28.6 Å². The third kappa shape index (κ3) is 58.3. The maximum Gasteiger partial charge on any atom is 0.306 e. The average Bonchev–Trinajstić information content (AvgIpc) is 3.38. The minimum atomic E-state index is -0.770. The first-order chi connectivity index (χ1) is 35.5. The lowest BCUT2D eigenvalue weighted by atomic mass is 10.0. The van der Waals surface area contributed by atoms with Crippen molar-refractivity contribution in [2.24, 2.45) is 0 Å². The van der Waals surface area contributed by atoms with Gasteiger partial charge in [-0.15, -0.1) is 0 Å². The van der Waals surface area contributed by atoms with E-state index < -0.39 is 6.10 Å². The van der Waals surface area contributed by atoms with Crippen molar-refractivity contribution in [1.29, 1.82) is 0 Å². The Kier molecular flexibility index (Phi) is 58.7. The van der Waals surface area contributed by atoms with E-state index in [0.717, 1.165) is 83.5 Å². The van der Waals surface area contributed by atoms with Gasteiger partial charge in [-0.05, 0) is 77.0 Å². The van der Waals surface area contributed by atoms with Crippen LogP contribution in [0.5, 0.6) is 0 Å². The summed E-state index contributed by atoms with van der Waals surface area (Å²) in [4.78, 5) is 38.0. The first kappa shape index (κ1) is 69.4. The molecule has 0 saturated carbocycles. The van der Waals surface area contributed by atoms with Crippen molar-refractivity contribution in [3.05, 3.63) is 48.6 Å². The normalized spacial score (nSPS) is 12.3. The van der Waals surface area contributed by atoms with Crippen molar-refractivity contribution in [1.82, 2.24) is 0 Å². The molecular formula is C66H120O6. The SMILES string of the molecule is CCC/C=C\CCCCCCCC(=O)OCC(COC(=O)CCCCCCCCCCCCCCCCCCCC/C=C\C/C=C\C/C=C\CCCCCCC)OC(=O)CCCCCCCCCCCCC. The van der Waals surface area contributed by atoms with E-state index in [-0.39, 0.29) is 31.1 Å². The van der Waals surface area contributed by atoms with Gasteiger partial charge in [0.2, 0.25) is 0 Å². The van der Waals surface area contributed by atoms with Gasteiger partial charge in [-0.1, -0.05) is 288 Å². The van der Waals surface area contributed by atoms with Crippen LogP contribution in [0.4, 0.5) is 0 Å². The van der Waals surface area contributed by atoms with Crippen LogP contribution in [0.25, 0.3) is 0 Å². The standard InChI is InChI=1S/C66H120O6/c1-4-7-10-13-16-19-22-23-24-25-26-27-28-29-30-31-32-33-34-35-36-37-38-39-40-41-42-43-45-47-50-53-56-59-65(68)71-62-63(61-70-64(67)58-55-52-49-46-21-18-15-12-9-6-3)72-66(69)60-57-54-51-48-44-20-17-14-11-8-5-2/h12,15,22-23,25-26,28-29,63H,4-11,13-14,16-21,24,27,30-62H2,1-3H3/b15-12-,23-22-,26-25-,29-28-. The van der Waals surface area contributed by atoms with Gasteiger partial charge in [0.25, 0.3) is 0 Å². The second kappa shape index (κ2) is 60.9. The number of hydrogen-bond donors (Lipinski definition) is 0. The van der Waals surface area contributed by atoms with Crippen LogP contribution in [-0.2, 0) is 28.6 Å². The van der Waals surface area contributed by atoms with E-state index in [2.05, 4.69) is 69.4 Å². The third-order valence-electron chi connectivity index (χ3n) is 14.0. The van der Waals surface area contributed by atoms with Crippen LogP contribution in [0, 0.1) is 0 Å². The van der Waals surface area contributed by atoms with E-state index in [4.69, 9.17) is 14.2 Å². The number of carbonyl (C=O) groups excluding carboxylic acids is 3. The summed E-state index contributed by atoms with van der Waals surface area (Å²) in [7, 11) is 0. The molecule has 0 aliphatic rings. The smallest absolute Gasteiger partial charge is 0.306 e. The molecule has 0 aliphatic heterocycles. The van der Waals surface area contributed by atoms with Crippen LogP contribution in [-0.4, -0.2) is 37.2 Å². The summed E-state index contributed by atoms with van der Waals surface area (Å²) in [6.45, 7) is 6.58. The molecule has 0 N–H and O–H groups in total. The number of hydrogen-bond acceptors (Lipinski definition) is 6. The number of carbonyl (C=O) groups is 3. The Morgan fingerprint density at radius 3 is 0.847 bits per heavy atom. The summed E-state index contributed by atoms with van der Waals surface area (Å²) in [6.07, 6.45) is 75.8. The first-order valence-electron chi connectivity index (χ1n) is 31.6. The summed E-state index contributed by atoms with van der Waals surface area (Å²) in [5.74, 6) is -0.868. The molecule has 0 heterocycles. The van der Waals surface area contributed by atoms with Gasteiger partial charge in [-0.25, -0.2) is 0 Å². The Labute approximate surface area is 448 Å². The van der Waals surface area contributed by atoms with Crippen LogP contribution in [0.2, 0.25) is 0 Å². The number of allylic oxidation sites excluding steroid dienone is 8. The third-order valence-corrected chi connectivity index (χ3v) is 14.0. The van der Waals surface area contributed by atoms with Gasteiger partial charge in [-0.3, -0.25) is 14.4 Å². The van der Waals surface area contributed by atoms with Crippen molar-refractivity contribution in [2.45, 2.75) is 341 Å². The zero-order valence-electron chi connectivity index (χ0n) is 48.2. The first-order valence-corrected chi connectivity index (χ1v) is 31.6. The quantitative estimate of drug-likeness (QED) is 0.0261. The zero-order valence-corrected chi connectivity index (χ0v) is 48.2.